The summed E-state index contributed by atoms with van der Waals surface area (Å²) in [6.45, 7) is 2.49. The van der Waals surface area contributed by atoms with Crippen LogP contribution >= 0.6 is 0 Å². The van der Waals surface area contributed by atoms with Crippen molar-refractivity contribution in [2.24, 2.45) is 0 Å². The lowest BCUT2D eigenvalue weighted by Gasteiger charge is -2.27. The molecule has 0 N–H and O–H groups in total. The van der Waals surface area contributed by atoms with Gasteiger partial charge in [-0.2, -0.15) is 0 Å². The van der Waals surface area contributed by atoms with Gasteiger partial charge in [-0.3, -0.25) is 4.79 Å². The Bertz CT molecular complexity index is 571. The van der Waals surface area contributed by atoms with E-state index in [0.717, 1.165) is 6.42 Å². The maximum Gasteiger partial charge on any atom is 0.260 e. The number of carbonyl (C=O) groups excluding carboxylic acids is 1. The minimum Gasteiger partial charge on any atom is -0.484 e. The second kappa shape index (κ2) is 6.93. The number of sulfone groups is 1. The van der Waals surface area contributed by atoms with Crippen molar-refractivity contribution in [1.29, 1.82) is 0 Å². The number of nitrogens with zero attached hydrogens (tertiary/aromatic N) is 1. The van der Waals surface area contributed by atoms with Gasteiger partial charge in [0.1, 0.15) is 5.75 Å². The molecule has 1 heterocycles. The number of para-hydroxylation sites is 1. The highest BCUT2D eigenvalue weighted by Gasteiger charge is 2.34. The standard InChI is InChI=1S/C15H21NO4S/c1-2-9-16(13-8-10-21(18,19)12-13)15(17)11-20-14-6-4-3-5-7-14/h3-7,13H,2,8-12H2,1H3. The van der Waals surface area contributed by atoms with Gasteiger partial charge in [0.2, 0.25) is 0 Å². The molecule has 1 aromatic rings. The molecule has 2 rings (SSSR count). The van der Waals surface area contributed by atoms with Gasteiger partial charge in [0.05, 0.1) is 11.5 Å². The van der Waals surface area contributed by atoms with E-state index in [1.165, 1.54) is 0 Å². The molecule has 1 saturated heterocycles. The second-order valence-electron chi connectivity index (χ2n) is 5.25. The van der Waals surface area contributed by atoms with E-state index in [-0.39, 0.29) is 30.1 Å². The lowest BCUT2D eigenvalue weighted by atomic mass is 10.2. The Labute approximate surface area is 125 Å². The van der Waals surface area contributed by atoms with Crippen LogP contribution in [0.4, 0.5) is 0 Å². The van der Waals surface area contributed by atoms with Gasteiger partial charge in [0, 0.05) is 12.6 Å². The Hall–Kier alpha value is -1.56. The zero-order valence-corrected chi connectivity index (χ0v) is 13.0. The first-order chi connectivity index (χ1) is 10.0. The molecule has 1 fully saturated rings. The molecule has 0 spiro atoms. The number of ether oxygens (including phenoxy) is 1. The predicted octanol–water partition coefficient (Wildman–Crippen LogP) is 1.49. The Kier molecular flexibility index (Phi) is 5.22. The number of rotatable bonds is 6. The maximum absolute atomic E-state index is 12.3. The quantitative estimate of drug-likeness (QED) is 0.798. The summed E-state index contributed by atoms with van der Waals surface area (Å²) in [4.78, 5) is 14.0. The number of carbonyl (C=O) groups is 1. The number of benzene rings is 1. The van der Waals surface area contributed by atoms with Gasteiger partial charge in [0.25, 0.3) is 5.91 Å². The van der Waals surface area contributed by atoms with Crippen LogP contribution in [-0.2, 0) is 14.6 Å². The minimum atomic E-state index is -2.99. The Morgan fingerprint density at radius 1 is 1.33 bits per heavy atom. The van der Waals surface area contributed by atoms with Crippen molar-refractivity contribution in [2.45, 2.75) is 25.8 Å². The molecule has 0 aliphatic carbocycles. The lowest BCUT2D eigenvalue weighted by Crippen LogP contribution is -2.44. The highest BCUT2D eigenvalue weighted by molar-refractivity contribution is 7.91. The molecular formula is C15H21NO4S. The number of amides is 1. The number of hydrogen-bond donors (Lipinski definition) is 0. The largest absolute Gasteiger partial charge is 0.484 e. The van der Waals surface area contributed by atoms with E-state index in [1.807, 2.05) is 25.1 Å². The molecule has 116 valence electrons. The van der Waals surface area contributed by atoms with Crippen LogP contribution in [-0.4, -0.2) is 49.9 Å². The molecule has 6 heteroatoms. The molecule has 5 nitrogen and oxygen atoms in total. The topological polar surface area (TPSA) is 63.7 Å². The van der Waals surface area contributed by atoms with Crippen LogP contribution in [0.3, 0.4) is 0 Å². The molecule has 1 unspecified atom stereocenters. The van der Waals surface area contributed by atoms with Crippen molar-refractivity contribution >= 4 is 15.7 Å². The summed E-state index contributed by atoms with van der Waals surface area (Å²) in [6, 6.07) is 8.93. The molecule has 0 aromatic heterocycles. The summed E-state index contributed by atoms with van der Waals surface area (Å²) in [5.41, 5.74) is 0. The fourth-order valence-corrected chi connectivity index (χ4v) is 4.25. The monoisotopic (exact) mass is 311 g/mol. The SMILES string of the molecule is CCCN(C(=O)COc1ccccc1)C1CCS(=O)(=O)C1. The molecule has 0 radical (unpaired) electrons. The van der Waals surface area contributed by atoms with Crippen molar-refractivity contribution in [1.82, 2.24) is 4.90 Å². The van der Waals surface area contributed by atoms with E-state index in [9.17, 15) is 13.2 Å². The summed E-state index contributed by atoms with van der Waals surface area (Å²) < 4.78 is 28.6. The van der Waals surface area contributed by atoms with Crippen molar-refractivity contribution in [3.63, 3.8) is 0 Å². The summed E-state index contributed by atoms with van der Waals surface area (Å²) in [7, 11) is -2.99. The van der Waals surface area contributed by atoms with Crippen molar-refractivity contribution in [3.8, 4) is 5.75 Å². The van der Waals surface area contributed by atoms with E-state index >= 15 is 0 Å². The van der Waals surface area contributed by atoms with Gasteiger partial charge in [-0.25, -0.2) is 8.42 Å². The van der Waals surface area contributed by atoms with Crippen LogP contribution in [0.15, 0.2) is 30.3 Å². The Morgan fingerprint density at radius 2 is 2.05 bits per heavy atom. The summed E-state index contributed by atoms with van der Waals surface area (Å²) in [6.07, 6.45) is 1.33. The first-order valence-electron chi connectivity index (χ1n) is 7.19. The fourth-order valence-electron chi connectivity index (χ4n) is 2.52. The van der Waals surface area contributed by atoms with Gasteiger partial charge in [-0.1, -0.05) is 25.1 Å². The molecule has 1 amide bonds. The van der Waals surface area contributed by atoms with Crippen molar-refractivity contribution in [2.75, 3.05) is 24.7 Å². The van der Waals surface area contributed by atoms with E-state index in [1.54, 1.807) is 17.0 Å². The third kappa shape index (κ3) is 4.46. The summed E-state index contributed by atoms with van der Waals surface area (Å²) >= 11 is 0. The molecule has 1 aliphatic rings. The highest BCUT2D eigenvalue weighted by atomic mass is 32.2. The molecule has 1 atom stereocenters. The molecule has 0 bridgehead atoms. The van der Waals surface area contributed by atoms with Gasteiger partial charge in [-0.05, 0) is 25.0 Å². The highest BCUT2D eigenvalue weighted by Crippen LogP contribution is 2.18. The minimum absolute atomic E-state index is 0.0550. The van der Waals surface area contributed by atoms with Gasteiger partial charge >= 0.3 is 0 Å². The number of hydrogen-bond acceptors (Lipinski definition) is 4. The van der Waals surface area contributed by atoms with Crippen LogP contribution in [0.5, 0.6) is 5.75 Å². The predicted molar refractivity (Wildman–Crippen MR) is 81.0 cm³/mol. The van der Waals surface area contributed by atoms with Crippen molar-refractivity contribution in [3.05, 3.63) is 30.3 Å². The zero-order chi connectivity index (χ0) is 15.3. The molecule has 0 saturated carbocycles. The van der Waals surface area contributed by atoms with Gasteiger partial charge in [0.15, 0.2) is 16.4 Å². The van der Waals surface area contributed by atoms with Gasteiger partial charge in [-0.15, -0.1) is 0 Å². The maximum atomic E-state index is 12.3. The van der Waals surface area contributed by atoms with Crippen LogP contribution in [0.2, 0.25) is 0 Å². The summed E-state index contributed by atoms with van der Waals surface area (Å²) in [5.74, 6) is 0.735. The molecule has 1 aromatic carbocycles. The van der Waals surface area contributed by atoms with Crippen LogP contribution in [0.1, 0.15) is 19.8 Å². The third-order valence-electron chi connectivity index (χ3n) is 3.54. The van der Waals surface area contributed by atoms with E-state index in [4.69, 9.17) is 4.74 Å². The normalized spacial score (nSPS) is 20.1. The molecule has 1 aliphatic heterocycles. The van der Waals surface area contributed by atoms with E-state index in [2.05, 4.69) is 0 Å². The fraction of sp³-hybridized carbons (Fsp3) is 0.533. The summed E-state index contributed by atoms with van der Waals surface area (Å²) in [5, 5.41) is 0. The average molecular weight is 311 g/mol. The lowest BCUT2D eigenvalue weighted by molar-refractivity contribution is -0.135. The van der Waals surface area contributed by atoms with Gasteiger partial charge < -0.3 is 9.64 Å². The Morgan fingerprint density at radius 3 is 2.62 bits per heavy atom. The third-order valence-corrected chi connectivity index (χ3v) is 5.29. The van der Waals surface area contributed by atoms with E-state index < -0.39 is 9.84 Å². The molecular weight excluding hydrogens is 290 g/mol. The first-order valence-corrected chi connectivity index (χ1v) is 9.01. The van der Waals surface area contributed by atoms with Crippen molar-refractivity contribution < 1.29 is 17.9 Å². The smallest absolute Gasteiger partial charge is 0.260 e. The zero-order valence-electron chi connectivity index (χ0n) is 12.2. The molecule has 21 heavy (non-hydrogen) atoms. The first kappa shape index (κ1) is 15.8. The van der Waals surface area contributed by atoms with Crippen LogP contribution in [0.25, 0.3) is 0 Å². The van der Waals surface area contributed by atoms with E-state index in [0.29, 0.717) is 18.7 Å². The van der Waals surface area contributed by atoms with Crippen LogP contribution < -0.4 is 4.74 Å². The van der Waals surface area contributed by atoms with Crippen LogP contribution in [0, 0.1) is 0 Å². The Balaban J connectivity index is 1.96. The second-order valence-corrected chi connectivity index (χ2v) is 7.47. The average Bonchev–Trinajstić information content (AvgIpc) is 2.83.